The number of benzene rings is 1. The topological polar surface area (TPSA) is 58.1 Å². The van der Waals surface area contributed by atoms with Crippen LogP contribution in [0.3, 0.4) is 0 Å². The molecule has 0 fully saturated rings. The Morgan fingerprint density at radius 3 is 2.74 bits per heavy atom. The van der Waals surface area contributed by atoms with Crippen molar-refractivity contribution in [3.63, 3.8) is 0 Å². The van der Waals surface area contributed by atoms with E-state index in [1.165, 1.54) is 42.4 Å². The zero-order valence-corrected chi connectivity index (χ0v) is 15.7. The highest BCUT2D eigenvalue weighted by Gasteiger charge is 2.18. The number of allylic oxidation sites excluding steroid dienone is 1. The number of rotatable bonds is 5. The van der Waals surface area contributed by atoms with Crippen LogP contribution in [0, 0.1) is 0 Å². The quantitative estimate of drug-likeness (QED) is 0.825. The summed E-state index contributed by atoms with van der Waals surface area (Å²) in [5, 5.41) is 2.96. The summed E-state index contributed by atoms with van der Waals surface area (Å²) in [5.74, 6) is 0.683. The average Bonchev–Trinajstić information content (AvgIpc) is 2.74. The van der Waals surface area contributed by atoms with Gasteiger partial charge in [0.2, 0.25) is 0 Å². The highest BCUT2D eigenvalue weighted by atomic mass is 16.1. The number of hydrogen-bond acceptors (Lipinski definition) is 4. The first kappa shape index (κ1) is 17.7. The molecule has 1 amide bonds. The normalized spacial score (nSPS) is 16.4. The molecular formula is C22H26N4O. The number of aromatic nitrogens is 2. The Morgan fingerprint density at radius 1 is 1.07 bits per heavy atom. The minimum absolute atomic E-state index is 0.144. The van der Waals surface area contributed by atoms with E-state index in [0.717, 1.165) is 31.7 Å². The molecule has 2 heterocycles. The van der Waals surface area contributed by atoms with Crippen LogP contribution in [0.1, 0.15) is 53.7 Å². The van der Waals surface area contributed by atoms with Crippen LogP contribution >= 0.6 is 0 Å². The van der Waals surface area contributed by atoms with Gasteiger partial charge in [-0.15, -0.1) is 0 Å². The first-order chi connectivity index (χ1) is 13.3. The van der Waals surface area contributed by atoms with Crippen LogP contribution in [-0.4, -0.2) is 29.0 Å². The molecule has 27 heavy (non-hydrogen) atoms. The molecule has 0 saturated heterocycles. The van der Waals surface area contributed by atoms with E-state index >= 15 is 0 Å². The van der Waals surface area contributed by atoms with Crippen molar-refractivity contribution in [3.05, 3.63) is 65.1 Å². The molecule has 0 radical (unpaired) electrons. The lowest BCUT2D eigenvalue weighted by atomic mass is 9.97. The smallest absolute Gasteiger partial charge is 0.271 e. The molecule has 2 aromatic rings. The molecule has 1 N–H and O–H groups in total. The maximum Gasteiger partial charge on any atom is 0.271 e. The monoisotopic (exact) mass is 362 g/mol. The second-order valence-corrected chi connectivity index (χ2v) is 7.31. The number of nitrogens with zero attached hydrogens (tertiary/aromatic N) is 3. The highest BCUT2D eigenvalue weighted by molar-refractivity contribution is 5.92. The number of hydrogen-bond donors (Lipinski definition) is 1. The van der Waals surface area contributed by atoms with Gasteiger partial charge in [-0.25, -0.2) is 9.97 Å². The van der Waals surface area contributed by atoms with Crippen molar-refractivity contribution in [1.29, 1.82) is 0 Å². The van der Waals surface area contributed by atoms with Gasteiger partial charge in [0.1, 0.15) is 11.5 Å². The third kappa shape index (κ3) is 4.35. The summed E-state index contributed by atoms with van der Waals surface area (Å²) in [6.07, 6.45) is 12.5. The van der Waals surface area contributed by atoms with Crippen molar-refractivity contribution in [2.24, 2.45) is 0 Å². The Labute approximate surface area is 160 Å². The fraction of sp³-hybridized carbons (Fsp3) is 0.409. The van der Waals surface area contributed by atoms with Gasteiger partial charge >= 0.3 is 0 Å². The van der Waals surface area contributed by atoms with E-state index in [4.69, 9.17) is 0 Å². The first-order valence-electron chi connectivity index (χ1n) is 9.89. The van der Waals surface area contributed by atoms with E-state index in [9.17, 15) is 4.79 Å². The van der Waals surface area contributed by atoms with E-state index < -0.39 is 0 Å². The molecule has 1 aliphatic heterocycles. The van der Waals surface area contributed by atoms with E-state index in [1.54, 1.807) is 12.4 Å². The Morgan fingerprint density at radius 2 is 1.96 bits per heavy atom. The van der Waals surface area contributed by atoms with Crippen LogP contribution in [0.2, 0.25) is 0 Å². The Bertz CT molecular complexity index is 828. The van der Waals surface area contributed by atoms with E-state index in [0.29, 0.717) is 12.2 Å². The van der Waals surface area contributed by atoms with Crippen LogP contribution in [0.5, 0.6) is 0 Å². The van der Waals surface area contributed by atoms with Crippen molar-refractivity contribution in [2.75, 3.05) is 18.0 Å². The molecule has 1 aliphatic carbocycles. The van der Waals surface area contributed by atoms with Gasteiger partial charge in [0.05, 0.1) is 12.4 Å². The van der Waals surface area contributed by atoms with Gasteiger partial charge in [-0.3, -0.25) is 4.79 Å². The lowest BCUT2D eigenvalue weighted by molar-refractivity contribution is 0.0948. The van der Waals surface area contributed by atoms with Gasteiger partial charge in [-0.05, 0) is 49.7 Å². The number of nitrogens with one attached hydrogen (secondary N) is 1. The maximum absolute atomic E-state index is 12.3. The molecule has 5 heteroatoms. The largest absolute Gasteiger partial charge is 0.351 e. The molecular weight excluding hydrogens is 336 g/mol. The van der Waals surface area contributed by atoms with Crippen molar-refractivity contribution in [1.82, 2.24) is 15.3 Å². The molecule has 2 aliphatic rings. The van der Waals surface area contributed by atoms with Crippen molar-refractivity contribution < 1.29 is 4.79 Å². The second-order valence-electron chi connectivity index (χ2n) is 7.31. The number of amides is 1. The number of anilines is 1. The molecule has 1 aromatic heterocycles. The van der Waals surface area contributed by atoms with Gasteiger partial charge in [0.15, 0.2) is 0 Å². The minimum atomic E-state index is -0.144. The standard InChI is InChI=1S/C22H26N4O/c27-22(23-12-10-17-6-2-1-3-7-17)20-14-25-21(15-24-20)26-13-11-18-8-4-5-9-19(18)16-26/h4-6,8-9,14-15H,1-3,7,10-13,16H2,(H,23,27). The van der Waals surface area contributed by atoms with Gasteiger partial charge in [0, 0.05) is 19.6 Å². The number of carbonyl (C=O) groups excluding carboxylic acids is 1. The van der Waals surface area contributed by atoms with E-state index in [-0.39, 0.29) is 5.91 Å². The predicted molar refractivity (Wildman–Crippen MR) is 107 cm³/mol. The first-order valence-corrected chi connectivity index (χ1v) is 9.89. The van der Waals surface area contributed by atoms with Crippen molar-refractivity contribution >= 4 is 11.7 Å². The average molecular weight is 362 g/mol. The van der Waals surface area contributed by atoms with Gasteiger partial charge < -0.3 is 10.2 Å². The molecule has 4 rings (SSSR count). The Balaban J connectivity index is 1.32. The summed E-state index contributed by atoms with van der Waals surface area (Å²) < 4.78 is 0. The minimum Gasteiger partial charge on any atom is -0.351 e. The zero-order valence-electron chi connectivity index (χ0n) is 15.7. The predicted octanol–water partition coefficient (Wildman–Crippen LogP) is 3.66. The molecule has 140 valence electrons. The highest BCUT2D eigenvalue weighted by Crippen LogP contribution is 2.22. The molecule has 1 aromatic carbocycles. The van der Waals surface area contributed by atoms with Crippen LogP contribution in [0.4, 0.5) is 5.82 Å². The van der Waals surface area contributed by atoms with E-state index in [1.807, 2.05) is 0 Å². The number of carbonyl (C=O) groups is 1. The summed E-state index contributed by atoms with van der Waals surface area (Å²) in [5.41, 5.74) is 4.59. The van der Waals surface area contributed by atoms with Crippen LogP contribution in [0.15, 0.2) is 48.3 Å². The molecule has 0 saturated carbocycles. The lowest BCUT2D eigenvalue weighted by Gasteiger charge is -2.29. The summed E-state index contributed by atoms with van der Waals surface area (Å²) in [4.78, 5) is 23.3. The molecule has 0 atom stereocenters. The molecule has 0 bridgehead atoms. The van der Waals surface area contributed by atoms with Crippen molar-refractivity contribution in [3.8, 4) is 0 Å². The van der Waals surface area contributed by atoms with Gasteiger partial charge in [-0.1, -0.05) is 35.9 Å². The Hall–Kier alpha value is -2.69. The lowest BCUT2D eigenvalue weighted by Crippen LogP contribution is -2.31. The molecule has 0 spiro atoms. The van der Waals surface area contributed by atoms with Crippen molar-refractivity contribution in [2.45, 2.75) is 45.1 Å². The third-order valence-electron chi connectivity index (χ3n) is 5.44. The fourth-order valence-electron chi connectivity index (χ4n) is 3.85. The SMILES string of the molecule is O=C(NCCC1=CCCCC1)c1cnc(N2CCc3ccccc3C2)cn1. The summed E-state index contributed by atoms with van der Waals surface area (Å²) in [7, 11) is 0. The second kappa shape index (κ2) is 8.33. The maximum atomic E-state index is 12.3. The summed E-state index contributed by atoms with van der Waals surface area (Å²) in [6, 6.07) is 8.52. The Kier molecular flexibility index (Phi) is 5.47. The fourth-order valence-corrected chi connectivity index (χ4v) is 3.85. The van der Waals surface area contributed by atoms with Gasteiger partial charge in [-0.2, -0.15) is 0 Å². The van der Waals surface area contributed by atoms with Crippen LogP contribution in [0.25, 0.3) is 0 Å². The molecule has 5 nitrogen and oxygen atoms in total. The van der Waals surface area contributed by atoms with Crippen LogP contribution in [-0.2, 0) is 13.0 Å². The third-order valence-corrected chi connectivity index (χ3v) is 5.44. The van der Waals surface area contributed by atoms with Crippen LogP contribution < -0.4 is 10.2 Å². The summed E-state index contributed by atoms with van der Waals surface area (Å²) >= 11 is 0. The van der Waals surface area contributed by atoms with E-state index in [2.05, 4.69) is 50.5 Å². The van der Waals surface area contributed by atoms with Gasteiger partial charge in [0.25, 0.3) is 5.91 Å². The molecule has 0 unspecified atom stereocenters. The number of fused-ring (bicyclic) bond motifs is 1. The summed E-state index contributed by atoms with van der Waals surface area (Å²) in [6.45, 7) is 2.43. The zero-order chi connectivity index (χ0) is 18.5.